The number of urea groups is 1. The molecule has 1 rings (SSSR count). The van der Waals surface area contributed by atoms with Crippen LogP contribution in [0.25, 0.3) is 0 Å². The quantitative estimate of drug-likeness (QED) is 0.312. The van der Waals surface area contributed by atoms with Gasteiger partial charge in [0, 0.05) is 14.1 Å². The number of carbonyl (C=O) groups excluding carboxylic acids is 3. The molecule has 1 aliphatic rings. The third-order valence-electron chi connectivity index (χ3n) is 1.77. The van der Waals surface area contributed by atoms with Gasteiger partial charge in [-0.25, -0.2) is 4.79 Å². The van der Waals surface area contributed by atoms with Crippen molar-refractivity contribution in [2.45, 2.75) is 0 Å². The summed E-state index contributed by atoms with van der Waals surface area (Å²) in [6.07, 6.45) is 0.407. The molecule has 70 valence electrons. The lowest BCUT2D eigenvalue weighted by atomic mass is 10.2. The van der Waals surface area contributed by atoms with Crippen molar-refractivity contribution in [3.8, 4) is 0 Å². The molecular weight excluding hydrogens is 176 g/mol. The largest absolute Gasteiger partial charge is 0.515 e. The molecule has 4 amide bonds. The van der Waals surface area contributed by atoms with E-state index in [9.17, 15) is 14.4 Å². The molecule has 0 bridgehead atoms. The highest BCUT2D eigenvalue weighted by Gasteiger charge is 2.37. The predicted octanol–water partition coefficient (Wildman–Crippen LogP) is -0.521. The molecule has 0 saturated carbocycles. The molecular formula is C7H8N2O4. The Morgan fingerprint density at radius 3 is 1.77 bits per heavy atom. The van der Waals surface area contributed by atoms with Gasteiger partial charge in [0.1, 0.15) is 5.57 Å². The molecule has 0 aromatic heterocycles. The van der Waals surface area contributed by atoms with Crippen molar-refractivity contribution in [3.63, 3.8) is 0 Å². The lowest BCUT2D eigenvalue weighted by Gasteiger charge is -2.28. The van der Waals surface area contributed by atoms with Gasteiger partial charge in [0.15, 0.2) is 0 Å². The van der Waals surface area contributed by atoms with Gasteiger partial charge in [0.2, 0.25) is 0 Å². The van der Waals surface area contributed by atoms with E-state index in [1.165, 1.54) is 14.1 Å². The van der Waals surface area contributed by atoms with E-state index in [-0.39, 0.29) is 0 Å². The Bertz CT molecular complexity index is 294. The Morgan fingerprint density at radius 1 is 1.08 bits per heavy atom. The van der Waals surface area contributed by atoms with E-state index >= 15 is 0 Å². The Kier molecular flexibility index (Phi) is 2.05. The summed E-state index contributed by atoms with van der Waals surface area (Å²) in [6.45, 7) is 0. The predicted molar refractivity (Wildman–Crippen MR) is 41.6 cm³/mol. The molecule has 0 unspecified atom stereocenters. The van der Waals surface area contributed by atoms with Gasteiger partial charge in [-0.05, 0) is 0 Å². The number of likely N-dealkylation sites (N-methyl/N-ethyl adjacent to an activating group) is 2. The number of aliphatic hydroxyl groups is 1. The van der Waals surface area contributed by atoms with Crippen molar-refractivity contribution in [1.82, 2.24) is 9.80 Å². The normalized spacial score (nSPS) is 18.3. The Hall–Kier alpha value is -1.85. The number of hydrogen-bond acceptors (Lipinski definition) is 4. The van der Waals surface area contributed by atoms with Gasteiger partial charge in [-0.3, -0.25) is 19.4 Å². The van der Waals surface area contributed by atoms with Crippen LogP contribution in [0.4, 0.5) is 4.79 Å². The highest BCUT2D eigenvalue weighted by atomic mass is 16.2. The smallest absolute Gasteiger partial charge is 0.333 e. The van der Waals surface area contributed by atoms with Crippen LogP contribution in [0.2, 0.25) is 0 Å². The van der Waals surface area contributed by atoms with Crippen LogP contribution in [0.5, 0.6) is 0 Å². The van der Waals surface area contributed by atoms with Gasteiger partial charge in [-0.1, -0.05) is 0 Å². The summed E-state index contributed by atoms with van der Waals surface area (Å²) in [4.78, 5) is 34.9. The minimum atomic E-state index is -0.796. The molecule has 1 aliphatic heterocycles. The van der Waals surface area contributed by atoms with Gasteiger partial charge in [0.05, 0.1) is 6.26 Å². The Labute approximate surface area is 74.0 Å². The molecule has 1 saturated heterocycles. The van der Waals surface area contributed by atoms with E-state index in [4.69, 9.17) is 5.11 Å². The molecule has 1 fully saturated rings. The fourth-order valence-corrected chi connectivity index (χ4v) is 0.962. The summed E-state index contributed by atoms with van der Waals surface area (Å²) in [5, 5.41) is 8.59. The Balaban J connectivity index is 3.14. The third-order valence-corrected chi connectivity index (χ3v) is 1.77. The number of imide groups is 2. The summed E-state index contributed by atoms with van der Waals surface area (Å²) in [5.41, 5.74) is -0.412. The van der Waals surface area contributed by atoms with Crippen molar-refractivity contribution in [3.05, 3.63) is 11.8 Å². The van der Waals surface area contributed by atoms with Crippen LogP contribution in [0, 0.1) is 0 Å². The van der Waals surface area contributed by atoms with Crippen LogP contribution in [-0.2, 0) is 9.59 Å². The first-order valence-electron chi connectivity index (χ1n) is 3.45. The van der Waals surface area contributed by atoms with Gasteiger partial charge >= 0.3 is 6.03 Å². The molecule has 0 radical (unpaired) electrons. The van der Waals surface area contributed by atoms with Crippen molar-refractivity contribution in [2.24, 2.45) is 0 Å². The lowest BCUT2D eigenvalue weighted by Crippen LogP contribution is -2.53. The van der Waals surface area contributed by atoms with Crippen molar-refractivity contribution in [2.75, 3.05) is 14.1 Å². The van der Waals surface area contributed by atoms with Gasteiger partial charge < -0.3 is 5.11 Å². The molecule has 6 nitrogen and oxygen atoms in total. The first-order chi connectivity index (χ1) is 6.00. The number of aliphatic hydroxyl groups excluding tert-OH is 1. The number of carbonyl (C=O) groups is 3. The highest BCUT2D eigenvalue weighted by Crippen LogP contribution is 2.12. The highest BCUT2D eigenvalue weighted by molar-refractivity contribution is 6.28. The average Bonchev–Trinajstić information content (AvgIpc) is 2.13. The monoisotopic (exact) mass is 184 g/mol. The van der Waals surface area contributed by atoms with Crippen molar-refractivity contribution < 1.29 is 19.5 Å². The lowest BCUT2D eigenvalue weighted by molar-refractivity contribution is -0.134. The number of nitrogens with zero attached hydrogens (tertiary/aromatic N) is 2. The van der Waals surface area contributed by atoms with E-state index in [2.05, 4.69) is 0 Å². The SMILES string of the molecule is CN1C(=O)C(=CO)C(=O)N(C)C1=O. The third kappa shape index (κ3) is 1.16. The van der Waals surface area contributed by atoms with Crippen LogP contribution >= 0.6 is 0 Å². The maximum absolute atomic E-state index is 11.2. The van der Waals surface area contributed by atoms with Crippen LogP contribution in [0.3, 0.4) is 0 Å². The zero-order valence-corrected chi connectivity index (χ0v) is 7.14. The van der Waals surface area contributed by atoms with Crippen LogP contribution in [-0.4, -0.2) is 46.8 Å². The molecule has 6 heteroatoms. The van der Waals surface area contributed by atoms with Gasteiger partial charge in [-0.15, -0.1) is 0 Å². The molecule has 0 spiro atoms. The van der Waals surface area contributed by atoms with Crippen molar-refractivity contribution in [1.29, 1.82) is 0 Å². The first kappa shape index (κ1) is 9.24. The molecule has 13 heavy (non-hydrogen) atoms. The first-order valence-corrected chi connectivity index (χ1v) is 3.45. The summed E-state index contributed by atoms with van der Waals surface area (Å²) in [6, 6.07) is -0.708. The van der Waals surface area contributed by atoms with Gasteiger partial charge in [0.25, 0.3) is 11.8 Å². The number of barbiturate groups is 1. The van der Waals surface area contributed by atoms with E-state index in [1.54, 1.807) is 0 Å². The maximum atomic E-state index is 11.2. The second-order valence-corrected chi connectivity index (χ2v) is 2.55. The molecule has 0 aromatic carbocycles. The molecule has 0 aliphatic carbocycles. The summed E-state index contributed by atoms with van der Waals surface area (Å²) >= 11 is 0. The van der Waals surface area contributed by atoms with Gasteiger partial charge in [-0.2, -0.15) is 0 Å². The number of hydrogen-bond donors (Lipinski definition) is 1. The van der Waals surface area contributed by atoms with Crippen molar-refractivity contribution >= 4 is 17.8 Å². The zero-order valence-electron chi connectivity index (χ0n) is 7.14. The number of amides is 4. The second kappa shape index (κ2) is 2.89. The van der Waals surface area contributed by atoms with Crippen LogP contribution in [0.1, 0.15) is 0 Å². The molecule has 0 aromatic rings. The fourth-order valence-electron chi connectivity index (χ4n) is 0.962. The van der Waals surface area contributed by atoms with E-state index in [0.29, 0.717) is 6.26 Å². The summed E-state index contributed by atoms with van der Waals surface area (Å²) < 4.78 is 0. The standard InChI is InChI=1S/C7H8N2O4/c1-8-5(11)4(3-10)6(12)9(2)7(8)13/h3,10H,1-2H3. The van der Waals surface area contributed by atoms with Crippen LogP contribution < -0.4 is 0 Å². The topological polar surface area (TPSA) is 77.9 Å². The zero-order chi connectivity index (χ0) is 10.2. The fraction of sp³-hybridized carbons (Fsp3) is 0.286. The van der Waals surface area contributed by atoms with E-state index in [0.717, 1.165) is 9.80 Å². The summed E-state index contributed by atoms with van der Waals surface area (Å²) in [5.74, 6) is -1.59. The average molecular weight is 184 g/mol. The maximum Gasteiger partial charge on any atom is 0.333 e. The number of rotatable bonds is 0. The molecule has 1 heterocycles. The Morgan fingerprint density at radius 2 is 1.46 bits per heavy atom. The van der Waals surface area contributed by atoms with E-state index < -0.39 is 23.4 Å². The minimum absolute atomic E-state index is 0.407. The second-order valence-electron chi connectivity index (χ2n) is 2.55. The molecule has 0 atom stereocenters. The van der Waals surface area contributed by atoms with Crippen LogP contribution in [0.15, 0.2) is 11.8 Å². The molecule has 1 N–H and O–H groups in total. The summed E-state index contributed by atoms with van der Waals surface area (Å²) in [7, 11) is 2.47. The van der Waals surface area contributed by atoms with E-state index in [1.807, 2.05) is 0 Å². The minimum Gasteiger partial charge on any atom is -0.515 e.